The van der Waals surface area contributed by atoms with Gasteiger partial charge in [-0.25, -0.2) is 0 Å². The van der Waals surface area contributed by atoms with Crippen molar-refractivity contribution < 1.29 is 9.53 Å². The average molecular weight is 296 g/mol. The third-order valence-corrected chi connectivity index (χ3v) is 3.82. The highest BCUT2D eigenvalue weighted by atomic mass is 16.5. The molecule has 3 rings (SSSR count). The van der Waals surface area contributed by atoms with Crippen molar-refractivity contribution in [2.75, 3.05) is 6.61 Å². The third kappa shape index (κ3) is 3.85. The summed E-state index contributed by atoms with van der Waals surface area (Å²) in [6, 6.07) is 13.9. The Balaban J connectivity index is 1.56. The van der Waals surface area contributed by atoms with Gasteiger partial charge in [0.2, 0.25) is 0 Å². The van der Waals surface area contributed by atoms with Crippen LogP contribution in [0, 0.1) is 12.8 Å². The smallest absolute Gasteiger partial charge is 0.258 e. The number of nitrogens with one attached hydrogen (secondary N) is 1. The summed E-state index contributed by atoms with van der Waals surface area (Å²) < 4.78 is 5.49. The number of benzene rings is 1. The molecule has 1 aliphatic rings. The molecule has 0 bridgehead atoms. The van der Waals surface area contributed by atoms with Gasteiger partial charge in [0.05, 0.1) is 12.2 Å². The fourth-order valence-electron chi connectivity index (χ4n) is 2.47. The van der Waals surface area contributed by atoms with Crippen molar-refractivity contribution >= 4 is 5.91 Å². The minimum atomic E-state index is -0.0960. The van der Waals surface area contributed by atoms with Crippen LogP contribution in [0.4, 0.5) is 0 Å². The van der Waals surface area contributed by atoms with Gasteiger partial charge in [0.25, 0.3) is 5.91 Å². The maximum Gasteiger partial charge on any atom is 0.258 e. The molecule has 2 aromatic rings. The van der Waals surface area contributed by atoms with Crippen LogP contribution >= 0.6 is 0 Å². The van der Waals surface area contributed by atoms with Gasteiger partial charge >= 0.3 is 0 Å². The lowest BCUT2D eigenvalue weighted by Gasteiger charge is -2.19. The molecule has 0 radical (unpaired) electrons. The van der Waals surface area contributed by atoms with Gasteiger partial charge in [-0.3, -0.25) is 9.78 Å². The molecule has 1 amide bonds. The number of hydrogen-bond acceptors (Lipinski definition) is 3. The topological polar surface area (TPSA) is 51.2 Å². The molecular weight excluding hydrogens is 276 g/mol. The molecule has 1 heterocycles. The molecule has 0 saturated heterocycles. The van der Waals surface area contributed by atoms with Gasteiger partial charge in [0.1, 0.15) is 5.75 Å². The second-order valence-corrected chi connectivity index (χ2v) is 5.72. The van der Waals surface area contributed by atoms with E-state index in [4.69, 9.17) is 4.74 Å². The Kier molecular flexibility index (Phi) is 4.37. The van der Waals surface area contributed by atoms with E-state index in [9.17, 15) is 4.79 Å². The van der Waals surface area contributed by atoms with Crippen LogP contribution < -0.4 is 10.1 Å². The Bertz CT molecular complexity index is 621. The van der Waals surface area contributed by atoms with Crippen LogP contribution in [0.15, 0.2) is 48.7 Å². The molecule has 1 aromatic carbocycles. The van der Waals surface area contributed by atoms with E-state index < -0.39 is 0 Å². The SMILES string of the molecule is Cc1ccc(OCC(=O)N[C@H](c2ccccc2)C2CC2)cn1. The van der Waals surface area contributed by atoms with E-state index in [-0.39, 0.29) is 18.6 Å². The van der Waals surface area contributed by atoms with Crippen molar-refractivity contribution in [3.8, 4) is 5.75 Å². The summed E-state index contributed by atoms with van der Waals surface area (Å²) >= 11 is 0. The molecule has 0 aliphatic heterocycles. The van der Waals surface area contributed by atoms with Gasteiger partial charge in [-0.15, -0.1) is 0 Å². The number of aryl methyl sites for hydroxylation is 1. The van der Waals surface area contributed by atoms with E-state index in [0.29, 0.717) is 11.7 Å². The first-order valence-electron chi connectivity index (χ1n) is 7.62. The van der Waals surface area contributed by atoms with Crippen molar-refractivity contribution in [2.24, 2.45) is 5.92 Å². The molecule has 114 valence electrons. The summed E-state index contributed by atoms with van der Waals surface area (Å²) in [5, 5.41) is 3.09. The fourth-order valence-corrected chi connectivity index (χ4v) is 2.47. The zero-order valence-corrected chi connectivity index (χ0v) is 12.7. The standard InChI is InChI=1S/C18H20N2O2/c1-13-7-10-16(11-19-13)22-12-17(21)20-18(15-8-9-15)14-5-3-2-4-6-14/h2-7,10-11,15,18H,8-9,12H2,1H3,(H,20,21)/t18-/m1/s1. The van der Waals surface area contributed by atoms with E-state index in [1.807, 2.05) is 37.3 Å². The van der Waals surface area contributed by atoms with Crippen molar-refractivity contribution in [3.05, 3.63) is 59.9 Å². The molecule has 1 aliphatic carbocycles. The summed E-state index contributed by atoms with van der Waals surface area (Å²) in [5.41, 5.74) is 2.09. The maximum atomic E-state index is 12.1. The Morgan fingerprint density at radius 3 is 2.68 bits per heavy atom. The Hall–Kier alpha value is -2.36. The molecule has 1 atom stereocenters. The monoisotopic (exact) mass is 296 g/mol. The van der Waals surface area contributed by atoms with Crippen LogP contribution in [-0.4, -0.2) is 17.5 Å². The number of carbonyl (C=O) groups is 1. The molecule has 1 fully saturated rings. The Morgan fingerprint density at radius 2 is 2.05 bits per heavy atom. The number of ether oxygens (including phenoxy) is 1. The minimum absolute atomic E-state index is 0.0147. The van der Waals surface area contributed by atoms with E-state index >= 15 is 0 Å². The number of rotatable bonds is 6. The summed E-state index contributed by atoms with van der Waals surface area (Å²) in [5.74, 6) is 1.07. The summed E-state index contributed by atoms with van der Waals surface area (Å²) in [6.45, 7) is 1.93. The normalized spacial score (nSPS) is 15.1. The summed E-state index contributed by atoms with van der Waals surface area (Å²) in [6.07, 6.45) is 3.98. The first-order valence-corrected chi connectivity index (χ1v) is 7.62. The minimum Gasteiger partial charge on any atom is -0.482 e. The predicted molar refractivity (Wildman–Crippen MR) is 84.5 cm³/mol. The van der Waals surface area contributed by atoms with E-state index in [2.05, 4.69) is 22.4 Å². The summed E-state index contributed by atoms with van der Waals surface area (Å²) in [4.78, 5) is 16.3. The molecule has 4 nitrogen and oxygen atoms in total. The third-order valence-electron chi connectivity index (χ3n) is 3.82. The van der Waals surface area contributed by atoms with Gasteiger partial charge in [-0.1, -0.05) is 30.3 Å². The van der Waals surface area contributed by atoms with Gasteiger partial charge in [-0.2, -0.15) is 0 Å². The van der Waals surface area contributed by atoms with Crippen LogP contribution in [-0.2, 0) is 4.79 Å². The highest BCUT2D eigenvalue weighted by Gasteiger charge is 2.33. The lowest BCUT2D eigenvalue weighted by atomic mass is 10.0. The van der Waals surface area contributed by atoms with Crippen LogP contribution in [0.2, 0.25) is 0 Å². The quantitative estimate of drug-likeness (QED) is 0.891. The van der Waals surface area contributed by atoms with Crippen LogP contribution in [0.25, 0.3) is 0 Å². The Morgan fingerprint density at radius 1 is 1.27 bits per heavy atom. The zero-order chi connectivity index (χ0) is 15.4. The van der Waals surface area contributed by atoms with Gasteiger partial charge in [0.15, 0.2) is 6.61 Å². The van der Waals surface area contributed by atoms with Crippen LogP contribution in [0.5, 0.6) is 5.75 Å². The number of aromatic nitrogens is 1. The molecule has 22 heavy (non-hydrogen) atoms. The van der Waals surface area contributed by atoms with E-state index in [1.165, 1.54) is 12.8 Å². The maximum absolute atomic E-state index is 12.1. The van der Waals surface area contributed by atoms with Crippen molar-refractivity contribution in [1.82, 2.24) is 10.3 Å². The molecule has 0 spiro atoms. The number of hydrogen-bond donors (Lipinski definition) is 1. The molecule has 1 N–H and O–H groups in total. The largest absolute Gasteiger partial charge is 0.482 e. The predicted octanol–water partition coefficient (Wildman–Crippen LogP) is 3.04. The van der Waals surface area contributed by atoms with Crippen molar-refractivity contribution in [2.45, 2.75) is 25.8 Å². The molecule has 1 saturated carbocycles. The first kappa shape index (κ1) is 14.6. The van der Waals surface area contributed by atoms with Crippen LogP contribution in [0.1, 0.15) is 30.1 Å². The molecule has 1 aromatic heterocycles. The lowest BCUT2D eigenvalue weighted by Crippen LogP contribution is -2.33. The Labute approximate surface area is 130 Å². The second kappa shape index (κ2) is 6.60. The number of amides is 1. The molecular formula is C18H20N2O2. The van der Waals surface area contributed by atoms with Gasteiger partial charge < -0.3 is 10.1 Å². The second-order valence-electron chi connectivity index (χ2n) is 5.72. The van der Waals surface area contributed by atoms with E-state index in [1.54, 1.807) is 6.20 Å². The van der Waals surface area contributed by atoms with Gasteiger partial charge in [0, 0.05) is 5.69 Å². The van der Waals surface area contributed by atoms with Crippen molar-refractivity contribution in [3.63, 3.8) is 0 Å². The average Bonchev–Trinajstić information content (AvgIpc) is 3.38. The highest BCUT2D eigenvalue weighted by molar-refractivity contribution is 5.78. The zero-order valence-electron chi connectivity index (χ0n) is 12.7. The van der Waals surface area contributed by atoms with Gasteiger partial charge in [-0.05, 0) is 43.4 Å². The van der Waals surface area contributed by atoms with Crippen molar-refractivity contribution in [1.29, 1.82) is 0 Å². The number of nitrogens with zero attached hydrogens (tertiary/aromatic N) is 1. The molecule has 4 heteroatoms. The summed E-state index contributed by atoms with van der Waals surface area (Å²) in [7, 11) is 0. The molecule has 0 unspecified atom stereocenters. The highest BCUT2D eigenvalue weighted by Crippen LogP contribution is 2.40. The number of pyridine rings is 1. The van der Waals surface area contributed by atoms with E-state index in [0.717, 1.165) is 11.3 Å². The number of carbonyl (C=O) groups excluding carboxylic acids is 1. The lowest BCUT2D eigenvalue weighted by molar-refractivity contribution is -0.124. The fraction of sp³-hybridized carbons (Fsp3) is 0.333. The first-order chi connectivity index (χ1) is 10.7. The van der Waals surface area contributed by atoms with Crippen LogP contribution in [0.3, 0.4) is 0 Å².